The molecule has 0 bridgehead atoms. The van der Waals surface area contributed by atoms with E-state index in [0.717, 1.165) is 38.8 Å². The Hall–Kier alpha value is -2.68. The highest BCUT2D eigenvalue weighted by Crippen LogP contribution is 2.38. The van der Waals surface area contributed by atoms with Gasteiger partial charge in [0.05, 0.1) is 35.5 Å². The summed E-state index contributed by atoms with van der Waals surface area (Å²) in [6, 6.07) is 8.94. The molecule has 0 spiro atoms. The Balaban J connectivity index is 1.37. The molecule has 5 rings (SSSR count). The Morgan fingerprint density at radius 2 is 1.91 bits per heavy atom. The van der Waals surface area contributed by atoms with Gasteiger partial charge >= 0.3 is 0 Å². The van der Waals surface area contributed by atoms with Crippen LogP contribution >= 0.6 is 11.6 Å². The molecule has 33 heavy (non-hydrogen) atoms. The zero-order valence-electron chi connectivity index (χ0n) is 18.3. The number of hydrogen-bond acceptors (Lipinski definition) is 7. The fourth-order valence-electron chi connectivity index (χ4n) is 4.64. The normalized spacial score (nSPS) is 21.6. The van der Waals surface area contributed by atoms with Gasteiger partial charge in [0.15, 0.2) is 17.3 Å². The molecule has 3 aromatic rings. The van der Waals surface area contributed by atoms with Gasteiger partial charge in [-0.1, -0.05) is 17.7 Å². The smallest absolute Gasteiger partial charge is 0.165 e. The van der Waals surface area contributed by atoms with Crippen LogP contribution in [0.1, 0.15) is 25.7 Å². The number of likely N-dealkylation sites (tertiary alicyclic amines) is 1. The van der Waals surface area contributed by atoms with E-state index in [2.05, 4.69) is 20.2 Å². The minimum absolute atomic E-state index is 0.0346. The SMILES string of the molecule is COc1cc2ncnc(Nc3cccc(Cl)c3F)c2cc1O[C@H]1CC[C@H](N2CC(O)C2)CC1. The van der Waals surface area contributed by atoms with Crippen molar-refractivity contribution >= 4 is 34.0 Å². The molecule has 2 aliphatic rings. The molecular weight excluding hydrogens is 447 g/mol. The van der Waals surface area contributed by atoms with E-state index < -0.39 is 5.82 Å². The highest BCUT2D eigenvalue weighted by molar-refractivity contribution is 6.31. The molecule has 2 N–H and O–H groups in total. The number of benzene rings is 2. The number of anilines is 2. The van der Waals surface area contributed by atoms with E-state index in [0.29, 0.717) is 34.3 Å². The van der Waals surface area contributed by atoms with Crippen LogP contribution in [0.5, 0.6) is 11.5 Å². The average Bonchev–Trinajstić information content (AvgIpc) is 2.80. The highest BCUT2D eigenvalue weighted by atomic mass is 35.5. The van der Waals surface area contributed by atoms with E-state index in [-0.39, 0.29) is 22.9 Å². The maximum atomic E-state index is 14.4. The summed E-state index contributed by atoms with van der Waals surface area (Å²) in [7, 11) is 1.60. The zero-order chi connectivity index (χ0) is 22.9. The Kier molecular flexibility index (Phi) is 6.23. The van der Waals surface area contributed by atoms with Crippen molar-refractivity contribution < 1.29 is 19.0 Å². The molecule has 1 aliphatic heterocycles. The lowest BCUT2D eigenvalue weighted by atomic mass is 9.90. The Morgan fingerprint density at radius 1 is 1.12 bits per heavy atom. The molecule has 0 radical (unpaired) electrons. The number of aliphatic hydroxyl groups is 1. The molecule has 0 unspecified atom stereocenters. The third-order valence-corrected chi connectivity index (χ3v) is 6.76. The number of β-amino-alcohol motifs (C(OH)–C–C–N with tert-alkyl or cyclic N) is 1. The number of nitrogens with zero attached hydrogens (tertiary/aromatic N) is 3. The molecule has 1 aromatic heterocycles. The van der Waals surface area contributed by atoms with Crippen LogP contribution in [0.4, 0.5) is 15.9 Å². The molecule has 9 heteroatoms. The first kappa shape index (κ1) is 22.1. The maximum Gasteiger partial charge on any atom is 0.165 e. The summed E-state index contributed by atoms with van der Waals surface area (Å²) in [6.45, 7) is 1.55. The number of aromatic nitrogens is 2. The second-order valence-electron chi connectivity index (χ2n) is 8.62. The summed E-state index contributed by atoms with van der Waals surface area (Å²) in [5.74, 6) is 1.11. The first-order valence-corrected chi connectivity index (χ1v) is 11.5. The standard InChI is InChI=1S/C24H26ClFN4O3/c1-32-21-10-20-17(24(28-13-27-20)29-19-4-2-3-18(25)23(19)26)9-22(21)33-16-7-5-14(6-8-16)30-11-15(31)12-30/h2-4,9-10,13-16,31H,5-8,11-12H2,1H3,(H,27,28,29)/t14-,16-. The first-order valence-electron chi connectivity index (χ1n) is 11.1. The molecule has 0 amide bonds. The summed E-state index contributed by atoms with van der Waals surface area (Å²) in [5, 5.41) is 13.3. The Morgan fingerprint density at radius 3 is 2.64 bits per heavy atom. The number of halogens is 2. The molecule has 0 atom stereocenters. The minimum atomic E-state index is -0.539. The third-order valence-electron chi connectivity index (χ3n) is 6.47. The minimum Gasteiger partial charge on any atom is -0.493 e. The fraction of sp³-hybridized carbons (Fsp3) is 0.417. The third kappa shape index (κ3) is 4.55. The van der Waals surface area contributed by atoms with Crippen molar-refractivity contribution in [2.75, 3.05) is 25.5 Å². The van der Waals surface area contributed by atoms with Gasteiger partial charge in [0.2, 0.25) is 0 Å². The molecule has 1 aliphatic carbocycles. The van der Waals surface area contributed by atoms with E-state index in [1.54, 1.807) is 25.3 Å². The predicted octanol–water partition coefficient (Wildman–Crippen LogP) is 4.54. The number of methoxy groups -OCH3 is 1. The van der Waals surface area contributed by atoms with Crippen LogP contribution in [0.25, 0.3) is 10.9 Å². The van der Waals surface area contributed by atoms with Gasteiger partial charge in [-0.2, -0.15) is 0 Å². The molecule has 7 nitrogen and oxygen atoms in total. The van der Waals surface area contributed by atoms with Crippen LogP contribution in [-0.4, -0.2) is 58.4 Å². The largest absolute Gasteiger partial charge is 0.493 e. The van der Waals surface area contributed by atoms with Crippen LogP contribution < -0.4 is 14.8 Å². The van der Waals surface area contributed by atoms with Gasteiger partial charge in [-0.25, -0.2) is 14.4 Å². The van der Waals surface area contributed by atoms with Crippen molar-refractivity contribution in [3.05, 3.63) is 47.5 Å². The molecular formula is C24H26ClFN4O3. The van der Waals surface area contributed by atoms with E-state index in [4.69, 9.17) is 21.1 Å². The lowest BCUT2D eigenvalue weighted by Crippen LogP contribution is -2.56. The van der Waals surface area contributed by atoms with Crippen molar-refractivity contribution in [2.24, 2.45) is 0 Å². The van der Waals surface area contributed by atoms with Crippen molar-refractivity contribution in [1.82, 2.24) is 14.9 Å². The number of hydrogen-bond donors (Lipinski definition) is 2. The number of ether oxygens (including phenoxy) is 2. The summed E-state index contributed by atoms with van der Waals surface area (Å²) >= 11 is 5.92. The topological polar surface area (TPSA) is 79.7 Å². The van der Waals surface area contributed by atoms with Crippen LogP contribution in [0, 0.1) is 5.82 Å². The van der Waals surface area contributed by atoms with Gasteiger partial charge in [-0.3, -0.25) is 4.90 Å². The number of rotatable bonds is 6. The van der Waals surface area contributed by atoms with Gasteiger partial charge in [0, 0.05) is 30.6 Å². The summed E-state index contributed by atoms with van der Waals surface area (Å²) in [4.78, 5) is 11.0. The Labute approximate surface area is 196 Å². The van der Waals surface area contributed by atoms with Crippen molar-refractivity contribution in [1.29, 1.82) is 0 Å². The summed E-state index contributed by atoms with van der Waals surface area (Å²) < 4.78 is 26.4. The molecule has 2 heterocycles. The van der Waals surface area contributed by atoms with E-state index in [1.807, 2.05) is 6.07 Å². The van der Waals surface area contributed by atoms with E-state index >= 15 is 0 Å². The van der Waals surface area contributed by atoms with Gasteiger partial charge in [0.25, 0.3) is 0 Å². The number of aliphatic hydroxyl groups excluding tert-OH is 1. The molecule has 1 saturated heterocycles. The molecule has 1 saturated carbocycles. The molecule has 2 fully saturated rings. The number of fused-ring (bicyclic) bond motifs is 1. The van der Waals surface area contributed by atoms with E-state index in [9.17, 15) is 9.50 Å². The van der Waals surface area contributed by atoms with Crippen LogP contribution in [0.15, 0.2) is 36.7 Å². The molecule has 2 aromatic carbocycles. The van der Waals surface area contributed by atoms with Gasteiger partial charge in [-0.15, -0.1) is 0 Å². The second kappa shape index (κ2) is 9.29. The van der Waals surface area contributed by atoms with Crippen molar-refractivity contribution in [3.8, 4) is 11.5 Å². The van der Waals surface area contributed by atoms with E-state index in [1.165, 1.54) is 12.4 Å². The van der Waals surface area contributed by atoms with Crippen LogP contribution in [-0.2, 0) is 0 Å². The average molecular weight is 473 g/mol. The highest BCUT2D eigenvalue weighted by Gasteiger charge is 2.34. The monoisotopic (exact) mass is 472 g/mol. The van der Waals surface area contributed by atoms with Crippen molar-refractivity contribution in [2.45, 2.75) is 43.9 Å². The van der Waals surface area contributed by atoms with Gasteiger partial charge < -0.3 is 19.9 Å². The Bertz CT molecular complexity index is 1150. The number of nitrogens with one attached hydrogen (secondary N) is 1. The van der Waals surface area contributed by atoms with Crippen LogP contribution in [0.2, 0.25) is 5.02 Å². The fourth-order valence-corrected chi connectivity index (χ4v) is 4.81. The molecule has 174 valence electrons. The lowest BCUT2D eigenvalue weighted by Gasteiger charge is -2.44. The summed E-state index contributed by atoms with van der Waals surface area (Å²) in [6.07, 6.45) is 5.26. The predicted molar refractivity (Wildman–Crippen MR) is 125 cm³/mol. The summed E-state index contributed by atoms with van der Waals surface area (Å²) in [5.41, 5.74) is 0.884. The maximum absolute atomic E-state index is 14.4. The van der Waals surface area contributed by atoms with Crippen LogP contribution in [0.3, 0.4) is 0 Å². The van der Waals surface area contributed by atoms with Gasteiger partial charge in [0.1, 0.15) is 12.1 Å². The first-order chi connectivity index (χ1) is 16.0. The zero-order valence-corrected chi connectivity index (χ0v) is 19.1. The van der Waals surface area contributed by atoms with Crippen molar-refractivity contribution in [3.63, 3.8) is 0 Å². The second-order valence-corrected chi connectivity index (χ2v) is 9.03. The van der Waals surface area contributed by atoms with Gasteiger partial charge in [-0.05, 0) is 43.9 Å². The quantitative estimate of drug-likeness (QED) is 0.545. The lowest BCUT2D eigenvalue weighted by molar-refractivity contribution is -0.0409.